The highest BCUT2D eigenvalue weighted by Crippen LogP contribution is 2.22. The maximum Gasteiger partial charge on any atom is 0.252 e. The Labute approximate surface area is 124 Å². The van der Waals surface area contributed by atoms with Gasteiger partial charge in [-0.15, -0.1) is 0 Å². The highest BCUT2D eigenvalue weighted by atomic mass is 79.9. The Kier molecular flexibility index (Phi) is 4.81. The predicted molar refractivity (Wildman–Crippen MR) is 77.7 cm³/mol. The average Bonchev–Trinajstić information content (AvgIpc) is 2.32. The maximum atomic E-state index is 12.2. The van der Waals surface area contributed by atoms with Crippen LogP contribution in [-0.2, 0) is 4.74 Å². The van der Waals surface area contributed by atoms with Crippen molar-refractivity contribution in [1.29, 1.82) is 0 Å². The molecule has 1 aromatic carbocycles. The first-order chi connectivity index (χ1) is 8.56. The number of hydrogen-bond donors (Lipinski definition) is 1. The third-order valence-corrected chi connectivity index (χ3v) is 4.18. The minimum absolute atomic E-state index is 0.0396. The summed E-state index contributed by atoms with van der Waals surface area (Å²) >= 11 is 6.78. The third kappa shape index (κ3) is 3.56. The van der Waals surface area contributed by atoms with Gasteiger partial charge in [-0.2, -0.15) is 0 Å². The maximum absolute atomic E-state index is 12.2. The minimum Gasteiger partial charge on any atom is -0.378 e. The van der Waals surface area contributed by atoms with Crippen LogP contribution in [0.4, 0.5) is 0 Å². The van der Waals surface area contributed by atoms with Crippen LogP contribution in [0.25, 0.3) is 0 Å². The number of carbonyl (C=O) groups is 1. The number of carbonyl (C=O) groups excluding carboxylic acids is 1. The molecule has 0 aromatic heterocycles. The SMILES string of the molecule is CC1CC(NC(=O)c2cc(Br)ccc2Br)CCO1. The minimum atomic E-state index is -0.0396. The van der Waals surface area contributed by atoms with Crippen LogP contribution in [0.3, 0.4) is 0 Å². The lowest BCUT2D eigenvalue weighted by Gasteiger charge is -2.28. The fourth-order valence-corrected chi connectivity index (χ4v) is 2.85. The molecule has 1 N–H and O–H groups in total. The van der Waals surface area contributed by atoms with E-state index in [9.17, 15) is 4.79 Å². The average molecular weight is 377 g/mol. The van der Waals surface area contributed by atoms with E-state index in [4.69, 9.17) is 4.74 Å². The van der Waals surface area contributed by atoms with Gasteiger partial charge in [0.05, 0.1) is 11.7 Å². The molecule has 18 heavy (non-hydrogen) atoms. The summed E-state index contributed by atoms with van der Waals surface area (Å²) in [5.74, 6) is -0.0396. The van der Waals surface area contributed by atoms with Gasteiger partial charge in [-0.25, -0.2) is 0 Å². The molecular weight excluding hydrogens is 362 g/mol. The van der Waals surface area contributed by atoms with Crippen molar-refractivity contribution in [3.8, 4) is 0 Å². The van der Waals surface area contributed by atoms with Crippen molar-refractivity contribution in [1.82, 2.24) is 5.32 Å². The lowest BCUT2D eigenvalue weighted by molar-refractivity contribution is 0.0136. The summed E-state index contributed by atoms with van der Waals surface area (Å²) in [7, 11) is 0. The van der Waals surface area contributed by atoms with E-state index in [-0.39, 0.29) is 18.1 Å². The van der Waals surface area contributed by atoms with E-state index in [1.807, 2.05) is 25.1 Å². The Hall–Kier alpha value is -0.390. The van der Waals surface area contributed by atoms with Crippen LogP contribution in [0.5, 0.6) is 0 Å². The molecule has 1 amide bonds. The van der Waals surface area contributed by atoms with Gasteiger partial charge >= 0.3 is 0 Å². The summed E-state index contributed by atoms with van der Waals surface area (Å²) in [5.41, 5.74) is 0.656. The second-order valence-electron chi connectivity index (χ2n) is 4.50. The van der Waals surface area contributed by atoms with E-state index >= 15 is 0 Å². The first-order valence-corrected chi connectivity index (χ1v) is 7.52. The molecule has 1 saturated heterocycles. The number of nitrogens with one attached hydrogen (secondary N) is 1. The predicted octanol–water partition coefficient (Wildman–Crippen LogP) is 3.51. The Morgan fingerprint density at radius 2 is 2.22 bits per heavy atom. The van der Waals surface area contributed by atoms with Gasteiger partial charge in [-0.3, -0.25) is 4.79 Å². The molecule has 1 aliphatic rings. The highest BCUT2D eigenvalue weighted by Gasteiger charge is 2.22. The lowest BCUT2D eigenvalue weighted by Crippen LogP contribution is -2.41. The number of halogens is 2. The van der Waals surface area contributed by atoms with Crippen LogP contribution in [0.2, 0.25) is 0 Å². The summed E-state index contributed by atoms with van der Waals surface area (Å²) in [6.45, 7) is 2.75. The van der Waals surface area contributed by atoms with Crippen molar-refractivity contribution in [3.63, 3.8) is 0 Å². The Morgan fingerprint density at radius 1 is 1.44 bits per heavy atom. The summed E-state index contributed by atoms with van der Waals surface area (Å²) < 4.78 is 7.18. The normalized spacial score (nSPS) is 23.7. The molecule has 1 fully saturated rings. The van der Waals surface area contributed by atoms with Crippen molar-refractivity contribution < 1.29 is 9.53 Å². The molecule has 2 atom stereocenters. The van der Waals surface area contributed by atoms with Crippen molar-refractivity contribution >= 4 is 37.8 Å². The molecule has 0 aliphatic carbocycles. The van der Waals surface area contributed by atoms with Crippen molar-refractivity contribution in [3.05, 3.63) is 32.7 Å². The molecule has 1 aromatic rings. The smallest absolute Gasteiger partial charge is 0.252 e. The number of ether oxygens (including phenoxy) is 1. The third-order valence-electron chi connectivity index (χ3n) is 2.99. The van der Waals surface area contributed by atoms with Crippen molar-refractivity contribution in [2.75, 3.05) is 6.61 Å². The number of hydrogen-bond acceptors (Lipinski definition) is 2. The van der Waals surface area contributed by atoms with E-state index in [0.717, 1.165) is 21.8 Å². The molecule has 0 radical (unpaired) electrons. The van der Waals surface area contributed by atoms with Gasteiger partial charge in [0.15, 0.2) is 0 Å². The van der Waals surface area contributed by atoms with Crippen LogP contribution >= 0.6 is 31.9 Å². The van der Waals surface area contributed by atoms with Gasteiger partial charge in [-0.05, 0) is 53.9 Å². The lowest BCUT2D eigenvalue weighted by atomic mass is 10.0. The zero-order valence-electron chi connectivity index (χ0n) is 10.1. The molecule has 98 valence electrons. The molecule has 0 saturated carbocycles. The molecule has 2 rings (SSSR count). The van der Waals surface area contributed by atoms with E-state index in [2.05, 4.69) is 37.2 Å². The Morgan fingerprint density at radius 3 is 2.94 bits per heavy atom. The molecular formula is C13H15Br2NO2. The van der Waals surface area contributed by atoms with Gasteiger partial charge in [-0.1, -0.05) is 15.9 Å². The quantitative estimate of drug-likeness (QED) is 0.857. The second-order valence-corrected chi connectivity index (χ2v) is 6.27. The van der Waals surface area contributed by atoms with Crippen LogP contribution in [0.15, 0.2) is 27.1 Å². The molecule has 1 aliphatic heterocycles. The standard InChI is InChI=1S/C13H15Br2NO2/c1-8-6-10(4-5-18-8)16-13(17)11-7-9(14)2-3-12(11)15/h2-3,7-8,10H,4-6H2,1H3,(H,16,17). The zero-order valence-corrected chi connectivity index (χ0v) is 13.3. The fourth-order valence-electron chi connectivity index (χ4n) is 2.06. The molecule has 2 unspecified atom stereocenters. The number of amides is 1. The van der Waals surface area contributed by atoms with Crippen molar-refractivity contribution in [2.45, 2.75) is 31.9 Å². The van der Waals surface area contributed by atoms with E-state index in [1.54, 1.807) is 0 Å². The summed E-state index contributed by atoms with van der Waals surface area (Å²) in [5, 5.41) is 3.06. The Bertz CT molecular complexity index is 451. The molecule has 3 nitrogen and oxygen atoms in total. The monoisotopic (exact) mass is 375 g/mol. The number of benzene rings is 1. The van der Waals surface area contributed by atoms with Crippen LogP contribution in [0.1, 0.15) is 30.1 Å². The van der Waals surface area contributed by atoms with Gasteiger partial charge in [0.1, 0.15) is 0 Å². The van der Waals surface area contributed by atoms with Gasteiger partial charge < -0.3 is 10.1 Å². The largest absolute Gasteiger partial charge is 0.378 e. The van der Waals surface area contributed by atoms with E-state index in [0.29, 0.717) is 12.2 Å². The van der Waals surface area contributed by atoms with Gasteiger partial charge in [0.2, 0.25) is 0 Å². The van der Waals surface area contributed by atoms with Crippen LogP contribution in [0, 0.1) is 0 Å². The fraction of sp³-hybridized carbons (Fsp3) is 0.462. The summed E-state index contributed by atoms with van der Waals surface area (Å²) in [6.07, 6.45) is 1.97. The van der Waals surface area contributed by atoms with Crippen LogP contribution in [-0.4, -0.2) is 24.7 Å². The highest BCUT2D eigenvalue weighted by molar-refractivity contribution is 9.11. The Balaban J connectivity index is 2.05. The zero-order chi connectivity index (χ0) is 13.1. The molecule has 0 bridgehead atoms. The molecule has 0 spiro atoms. The van der Waals surface area contributed by atoms with Gasteiger partial charge in [0, 0.05) is 21.6 Å². The van der Waals surface area contributed by atoms with Crippen LogP contribution < -0.4 is 5.32 Å². The van der Waals surface area contributed by atoms with Gasteiger partial charge in [0.25, 0.3) is 5.91 Å². The van der Waals surface area contributed by atoms with Crippen molar-refractivity contribution in [2.24, 2.45) is 0 Å². The first kappa shape index (κ1) is 14.0. The van der Waals surface area contributed by atoms with E-state index in [1.165, 1.54) is 0 Å². The topological polar surface area (TPSA) is 38.3 Å². The molecule has 5 heteroatoms. The first-order valence-electron chi connectivity index (χ1n) is 5.94. The second kappa shape index (κ2) is 6.17. The number of rotatable bonds is 2. The molecule has 1 heterocycles. The van der Waals surface area contributed by atoms with E-state index < -0.39 is 0 Å². The summed E-state index contributed by atoms with van der Waals surface area (Å²) in [6, 6.07) is 5.79. The summed E-state index contributed by atoms with van der Waals surface area (Å²) in [4.78, 5) is 12.2.